The Morgan fingerprint density at radius 2 is 1.68 bits per heavy atom. The number of aryl methyl sites for hydroxylation is 3. The normalized spacial score (nSPS) is 14.6. The molecule has 3 aromatic rings. The van der Waals surface area contributed by atoms with Crippen LogP contribution in [0, 0.1) is 20.8 Å². The number of ether oxygens (including phenoxy) is 1. The zero-order valence-electron chi connectivity index (χ0n) is 19.1. The van der Waals surface area contributed by atoms with Gasteiger partial charge in [-0.15, -0.1) is 0 Å². The third kappa shape index (κ3) is 5.38. The summed E-state index contributed by atoms with van der Waals surface area (Å²) in [4.78, 5) is 25.7. The predicted molar refractivity (Wildman–Crippen MR) is 140 cm³/mol. The van der Waals surface area contributed by atoms with Gasteiger partial charge in [-0.1, -0.05) is 54.2 Å². The highest BCUT2D eigenvalue weighted by atomic mass is 32.2. The zero-order valence-corrected chi connectivity index (χ0v) is 20.8. The first kappa shape index (κ1) is 23.7. The molecule has 1 aliphatic rings. The number of hydrazine groups is 1. The van der Waals surface area contributed by atoms with E-state index in [1.54, 1.807) is 30.3 Å². The van der Waals surface area contributed by atoms with E-state index in [1.807, 2.05) is 30.3 Å². The first-order valence-electron chi connectivity index (χ1n) is 10.8. The van der Waals surface area contributed by atoms with Crippen molar-refractivity contribution in [2.45, 2.75) is 27.4 Å². The Bertz CT molecular complexity index is 1290. The number of nitrogens with one attached hydrogen (secondary N) is 1. The van der Waals surface area contributed by atoms with Crippen LogP contribution in [0.25, 0.3) is 6.08 Å². The highest BCUT2D eigenvalue weighted by Gasteiger charge is 2.33. The van der Waals surface area contributed by atoms with Crippen molar-refractivity contribution in [3.63, 3.8) is 0 Å². The Hall–Kier alpha value is -3.42. The number of hydrogen-bond donors (Lipinski definition) is 1. The van der Waals surface area contributed by atoms with Gasteiger partial charge in [0.15, 0.2) is 4.32 Å². The van der Waals surface area contributed by atoms with Crippen LogP contribution in [-0.4, -0.2) is 21.1 Å². The van der Waals surface area contributed by atoms with E-state index in [0.29, 0.717) is 17.1 Å². The Morgan fingerprint density at radius 3 is 2.38 bits per heavy atom. The van der Waals surface area contributed by atoms with Gasteiger partial charge >= 0.3 is 0 Å². The number of thioether (sulfide) groups is 1. The Kier molecular flexibility index (Phi) is 7.14. The molecule has 0 aromatic heterocycles. The molecule has 5 nitrogen and oxygen atoms in total. The van der Waals surface area contributed by atoms with E-state index in [1.165, 1.54) is 16.7 Å². The van der Waals surface area contributed by atoms with Crippen LogP contribution in [0.4, 0.5) is 0 Å². The molecule has 4 rings (SSSR count). The first-order valence-corrected chi connectivity index (χ1v) is 12.0. The maximum Gasteiger partial charge on any atom is 0.285 e. The maximum absolute atomic E-state index is 12.8. The fourth-order valence-electron chi connectivity index (χ4n) is 3.47. The molecule has 1 saturated heterocycles. The lowest BCUT2D eigenvalue weighted by Crippen LogP contribution is -2.44. The predicted octanol–water partition coefficient (Wildman–Crippen LogP) is 5.74. The second-order valence-corrected chi connectivity index (χ2v) is 9.72. The van der Waals surface area contributed by atoms with E-state index in [2.05, 4.69) is 38.3 Å². The van der Waals surface area contributed by atoms with E-state index in [0.717, 1.165) is 33.6 Å². The largest absolute Gasteiger partial charge is 0.489 e. The summed E-state index contributed by atoms with van der Waals surface area (Å²) in [6.07, 6.45) is 1.76. The number of nitrogens with zero attached hydrogens (tertiary/aromatic N) is 1. The van der Waals surface area contributed by atoms with Crippen molar-refractivity contribution in [2.75, 3.05) is 0 Å². The molecule has 172 valence electrons. The van der Waals surface area contributed by atoms with Gasteiger partial charge in [0.05, 0.1) is 4.91 Å². The van der Waals surface area contributed by atoms with Gasteiger partial charge in [0, 0.05) is 5.56 Å². The molecule has 0 spiro atoms. The number of hydrogen-bond acceptors (Lipinski definition) is 5. The quantitative estimate of drug-likeness (QED) is 0.354. The number of carbonyl (C=O) groups excluding carboxylic acids is 2. The molecule has 1 heterocycles. The molecular formula is C27H24N2O3S2. The lowest BCUT2D eigenvalue weighted by molar-refractivity contribution is -0.123. The Balaban J connectivity index is 1.40. The monoisotopic (exact) mass is 488 g/mol. The van der Waals surface area contributed by atoms with Gasteiger partial charge in [0.25, 0.3) is 11.8 Å². The minimum Gasteiger partial charge on any atom is -0.489 e. The maximum atomic E-state index is 12.8. The smallest absolute Gasteiger partial charge is 0.285 e. The van der Waals surface area contributed by atoms with Gasteiger partial charge in [-0.25, -0.2) is 0 Å². The van der Waals surface area contributed by atoms with Crippen molar-refractivity contribution >= 4 is 46.2 Å². The summed E-state index contributed by atoms with van der Waals surface area (Å²) >= 11 is 6.45. The number of rotatable bonds is 6. The molecule has 1 N–H and O–H groups in total. The van der Waals surface area contributed by atoms with E-state index < -0.39 is 5.91 Å². The number of amides is 2. The van der Waals surface area contributed by atoms with Gasteiger partial charge in [-0.3, -0.25) is 15.0 Å². The van der Waals surface area contributed by atoms with Crippen LogP contribution in [0.5, 0.6) is 5.75 Å². The summed E-state index contributed by atoms with van der Waals surface area (Å²) in [5.41, 5.74) is 8.77. The van der Waals surface area contributed by atoms with Gasteiger partial charge < -0.3 is 4.74 Å². The molecule has 3 aromatic carbocycles. The second kappa shape index (κ2) is 10.2. The molecule has 1 aliphatic heterocycles. The fourth-order valence-corrected chi connectivity index (χ4v) is 4.65. The van der Waals surface area contributed by atoms with Crippen LogP contribution in [0.2, 0.25) is 0 Å². The first-order chi connectivity index (χ1) is 16.3. The summed E-state index contributed by atoms with van der Waals surface area (Å²) < 4.78 is 6.25. The summed E-state index contributed by atoms with van der Waals surface area (Å²) in [6.45, 7) is 6.79. The van der Waals surface area contributed by atoms with Gasteiger partial charge in [-0.2, -0.15) is 5.01 Å². The van der Waals surface area contributed by atoms with Crippen molar-refractivity contribution in [3.8, 4) is 5.75 Å². The van der Waals surface area contributed by atoms with E-state index in [9.17, 15) is 9.59 Å². The van der Waals surface area contributed by atoms with Gasteiger partial charge in [-0.05, 0) is 91.1 Å². The van der Waals surface area contributed by atoms with Crippen LogP contribution in [0.3, 0.4) is 0 Å². The second-order valence-electron chi connectivity index (χ2n) is 8.04. The zero-order chi connectivity index (χ0) is 24.2. The molecule has 0 bridgehead atoms. The molecule has 2 amide bonds. The Labute approximate surface area is 208 Å². The molecule has 1 fully saturated rings. The number of thiocarbonyl (C=S) groups is 1. The minimum atomic E-state index is -0.390. The van der Waals surface area contributed by atoms with Crippen LogP contribution < -0.4 is 10.2 Å². The lowest BCUT2D eigenvalue weighted by Gasteiger charge is -2.15. The molecule has 0 radical (unpaired) electrons. The van der Waals surface area contributed by atoms with Crippen molar-refractivity contribution in [2.24, 2.45) is 0 Å². The van der Waals surface area contributed by atoms with Crippen LogP contribution in [0.15, 0.2) is 71.6 Å². The van der Waals surface area contributed by atoms with E-state index in [-0.39, 0.29) is 10.2 Å². The summed E-state index contributed by atoms with van der Waals surface area (Å²) in [5, 5.41) is 1.12. The third-order valence-corrected chi connectivity index (χ3v) is 6.87. The van der Waals surface area contributed by atoms with Crippen molar-refractivity contribution in [1.82, 2.24) is 10.4 Å². The lowest BCUT2D eigenvalue weighted by atomic mass is 10.0. The standard InChI is InChI=1S/C27H24N2O3S2/c1-17-13-19(3)22(14-18(17)2)16-32-23-11-9-20(10-12-23)15-24-26(31)29(27(33)34-24)28-25(30)21-7-5-4-6-8-21/h4-15H,16H2,1-3H3,(H,28,30)/b24-15+. The average molecular weight is 489 g/mol. The average Bonchev–Trinajstić information content (AvgIpc) is 3.09. The van der Waals surface area contributed by atoms with E-state index in [4.69, 9.17) is 17.0 Å². The Morgan fingerprint density at radius 1 is 1.00 bits per heavy atom. The molecule has 34 heavy (non-hydrogen) atoms. The molecule has 0 atom stereocenters. The molecule has 7 heteroatoms. The van der Waals surface area contributed by atoms with Crippen molar-refractivity contribution < 1.29 is 14.3 Å². The van der Waals surface area contributed by atoms with Crippen molar-refractivity contribution in [1.29, 1.82) is 0 Å². The highest BCUT2D eigenvalue weighted by molar-refractivity contribution is 8.26. The van der Waals surface area contributed by atoms with Gasteiger partial charge in [0.1, 0.15) is 12.4 Å². The SMILES string of the molecule is Cc1cc(C)c(COc2ccc(/C=C3/SC(=S)N(NC(=O)c4ccccc4)C3=O)cc2)cc1C. The van der Waals surface area contributed by atoms with Gasteiger partial charge in [0.2, 0.25) is 0 Å². The molecular weight excluding hydrogens is 464 g/mol. The number of benzene rings is 3. The van der Waals surface area contributed by atoms with Crippen LogP contribution in [0.1, 0.15) is 38.2 Å². The number of carbonyl (C=O) groups is 2. The summed E-state index contributed by atoms with van der Waals surface area (Å²) in [7, 11) is 0. The van der Waals surface area contributed by atoms with Crippen molar-refractivity contribution in [3.05, 3.63) is 105 Å². The minimum absolute atomic E-state index is 0.282. The summed E-state index contributed by atoms with van der Waals surface area (Å²) in [5.74, 6) is 0.000865. The van der Waals surface area contributed by atoms with E-state index >= 15 is 0 Å². The van der Waals surface area contributed by atoms with Crippen LogP contribution >= 0.6 is 24.0 Å². The molecule has 0 aliphatic carbocycles. The molecule has 0 saturated carbocycles. The molecule has 0 unspecified atom stereocenters. The highest BCUT2D eigenvalue weighted by Crippen LogP contribution is 2.32. The third-order valence-electron chi connectivity index (χ3n) is 5.57. The van der Waals surface area contributed by atoms with Crippen LogP contribution in [-0.2, 0) is 11.4 Å². The fraction of sp³-hybridized carbons (Fsp3) is 0.148. The topological polar surface area (TPSA) is 58.6 Å². The summed E-state index contributed by atoms with van der Waals surface area (Å²) in [6, 6.07) is 20.6.